The van der Waals surface area contributed by atoms with Gasteiger partial charge in [0.25, 0.3) is 0 Å². The van der Waals surface area contributed by atoms with Crippen LogP contribution < -0.4 is 0 Å². The average Bonchev–Trinajstić information content (AvgIpc) is 2.53. The van der Waals surface area contributed by atoms with Gasteiger partial charge in [-0.3, -0.25) is 9.59 Å². The molecule has 1 heterocycles. The highest BCUT2D eigenvalue weighted by Crippen LogP contribution is 2.20. The number of benzene rings is 1. The van der Waals surface area contributed by atoms with Gasteiger partial charge in [0.05, 0.1) is 7.11 Å². The summed E-state index contributed by atoms with van der Waals surface area (Å²) in [4.78, 5) is 25.3. The maximum atomic E-state index is 12.1. The molecule has 106 valence electrons. The van der Waals surface area contributed by atoms with Gasteiger partial charge in [0, 0.05) is 24.9 Å². The fourth-order valence-electron chi connectivity index (χ4n) is 1.96. The highest BCUT2D eigenvalue weighted by Gasteiger charge is 2.28. The summed E-state index contributed by atoms with van der Waals surface area (Å²) in [5.41, 5.74) is 0.983. The zero-order valence-electron chi connectivity index (χ0n) is 11.3. The second-order valence-electron chi connectivity index (χ2n) is 4.41. The van der Waals surface area contributed by atoms with E-state index in [0.717, 1.165) is 11.3 Å². The van der Waals surface area contributed by atoms with Crippen molar-refractivity contribution in [2.75, 3.05) is 26.0 Å². The van der Waals surface area contributed by atoms with Crippen LogP contribution in [0.3, 0.4) is 0 Å². The minimum Gasteiger partial charge on any atom is -0.468 e. The molecule has 1 aliphatic rings. The Morgan fingerprint density at radius 3 is 2.80 bits per heavy atom. The minimum atomic E-state index is -0.275. The smallest absolute Gasteiger partial charge is 0.320 e. The summed E-state index contributed by atoms with van der Waals surface area (Å²) >= 11 is 1.54. The third-order valence-electron chi connectivity index (χ3n) is 3.06. The molecule has 4 nitrogen and oxygen atoms in total. The zero-order chi connectivity index (χ0) is 14.4. The lowest BCUT2D eigenvalue weighted by Gasteiger charge is -2.30. The molecule has 1 amide bonds. The Labute approximate surface area is 122 Å². The second kappa shape index (κ2) is 7.14. The molecule has 5 heteroatoms. The number of amides is 1. The van der Waals surface area contributed by atoms with E-state index in [0.29, 0.717) is 13.1 Å². The standard InChI is InChI=1S/C15H17NO3S/c1-19-15(18)13-11-16(9-10-20-13)14(17)8-7-12-5-3-2-4-6-12/h2-8,13H,9-11H2,1H3/b8-7+/t13-/m1/s1. The molecule has 2 rings (SSSR count). The lowest BCUT2D eigenvalue weighted by atomic mass is 10.2. The number of carbonyl (C=O) groups is 2. The molecule has 1 aromatic rings. The Morgan fingerprint density at radius 1 is 1.35 bits per heavy atom. The van der Waals surface area contributed by atoms with Gasteiger partial charge in [0.15, 0.2) is 0 Å². The third kappa shape index (κ3) is 3.87. The molecule has 0 N–H and O–H groups in total. The predicted octanol–water partition coefficient (Wildman–Crippen LogP) is 1.82. The van der Waals surface area contributed by atoms with Crippen LogP contribution in [0.1, 0.15) is 5.56 Å². The first-order valence-corrected chi connectivity index (χ1v) is 7.47. The summed E-state index contributed by atoms with van der Waals surface area (Å²) in [6, 6.07) is 9.66. The number of esters is 1. The molecule has 1 atom stereocenters. The number of nitrogens with zero attached hydrogens (tertiary/aromatic N) is 1. The predicted molar refractivity (Wildman–Crippen MR) is 80.3 cm³/mol. The van der Waals surface area contributed by atoms with Crippen molar-refractivity contribution < 1.29 is 14.3 Å². The van der Waals surface area contributed by atoms with E-state index >= 15 is 0 Å². The molecule has 0 saturated carbocycles. The molecule has 0 aliphatic carbocycles. The van der Waals surface area contributed by atoms with E-state index in [1.807, 2.05) is 30.3 Å². The van der Waals surface area contributed by atoms with Crippen LogP contribution in [0.2, 0.25) is 0 Å². The van der Waals surface area contributed by atoms with Gasteiger partial charge in [-0.15, -0.1) is 11.8 Å². The van der Waals surface area contributed by atoms with Gasteiger partial charge in [0.2, 0.25) is 5.91 Å². The Balaban J connectivity index is 1.95. The van der Waals surface area contributed by atoms with Crippen molar-refractivity contribution >= 4 is 29.7 Å². The molecule has 1 saturated heterocycles. The Bertz CT molecular complexity index is 501. The van der Waals surface area contributed by atoms with Crippen molar-refractivity contribution in [3.05, 3.63) is 42.0 Å². The first-order chi connectivity index (χ1) is 9.70. The largest absolute Gasteiger partial charge is 0.468 e. The molecule has 0 spiro atoms. The Morgan fingerprint density at radius 2 is 2.10 bits per heavy atom. The number of hydrogen-bond acceptors (Lipinski definition) is 4. The van der Waals surface area contributed by atoms with Crippen LogP contribution in [-0.4, -0.2) is 48.0 Å². The average molecular weight is 291 g/mol. The van der Waals surface area contributed by atoms with Gasteiger partial charge >= 0.3 is 5.97 Å². The van der Waals surface area contributed by atoms with E-state index in [-0.39, 0.29) is 17.1 Å². The molecule has 20 heavy (non-hydrogen) atoms. The van der Waals surface area contributed by atoms with Gasteiger partial charge < -0.3 is 9.64 Å². The molecule has 1 aromatic carbocycles. The van der Waals surface area contributed by atoms with Crippen molar-refractivity contribution in [2.45, 2.75) is 5.25 Å². The number of hydrogen-bond donors (Lipinski definition) is 0. The van der Waals surface area contributed by atoms with Crippen molar-refractivity contribution in [2.24, 2.45) is 0 Å². The maximum Gasteiger partial charge on any atom is 0.320 e. The van der Waals surface area contributed by atoms with E-state index in [1.54, 1.807) is 17.1 Å². The van der Waals surface area contributed by atoms with Crippen LogP contribution in [-0.2, 0) is 14.3 Å². The number of rotatable bonds is 3. The number of methoxy groups -OCH3 is 1. The Hall–Kier alpha value is -1.75. The summed E-state index contributed by atoms with van der Waals surface area (Å²) < 4.78 is 4.73. The first kappa shape index (κ1) is 14.7. The summed E-state index contributed by atoms with van der Waals surface area (Å²) in [5, 5.41) is -0.275. The summed E-state index contributed by atoms with van der Waals surface area (Å²) in [5.74, 6) is 0.424. The third-order valence-corrected chi connectivity index (χ3v) is 4.22. The van der Waals surface area contributed by atoms with Crippen molar-refractivity contribution in [3.63, 3.8) is 0 Å². The van der Waals surface area contributed by atoms with Crippen LogP contribution in [0, 0.1) is 0 Å². The van der Waals surface area contributed by atoms with Gasteiger partial charge in [-0.2, -0.15) is 0 Å². The zero-order valence-corrected chi connectivity index (χ0v) is 12.1. The highest BCUT2D eigenvalue weighted by molar-refractivity contribution is 8.00. The van der Waals surface area contributed by atoms with Crippen molar-refractivity contribution in [3.8, 4) is 0 Å². The van der Waals surface area contributed by atoms with E-state index in [4.69, 9.17) is 4.74 Å². The van der Waals surface area contributed by atoms with Gasteiger partial charge in [-0.05, 0) is 11.6 Å². The highest BCUT2D eigenvalue weighted by atomic mass is 32.2. The van der Waals surface area contributed by atoms with E-state index in [2.05, 4.69) is 0 Å². The first-order valence-electron chi connectivity index (χ1n) is 6.42. The normalized spacial score (nSPS) is 19.1. The van der Waals surface area contributed by atoms with Crippen LogP contribution in [0.25, 0.3) is 6.08 Å². The molecule has 0 radical (unpaired) electrons. The fourth-order valence-corrected chi connectivity index (χ4v) is 3.09. The van der Waals surface area contributed by atoms with E-state index in [9.17, 15) is 9.59 Å². The molecular formula is C15H17NO3S. The quantitative estimate of drug-likeness (QED) is 0.629. The van der Waals surface area contributed by atoms with Crippen LogP contribution in [0.4, 0.5) is 0 Å². The molecule has 0 unspecified atom stereocenters. The molecule has 0 aromatic heterocycles. The Kier molecular flexibility index (Phi) is 5.24. The van der Waals surface area contributed by atoms with Crippen LogP contribution in [0.5, 0.6) is 0 Å². The monoisotopic (exact) mass is 291 g/mol. The maximum absolute atomic E-state index is 12.1. The van der Waals surface area contributed by atoms with Crippen LogP contribution >= 0.6 is 11.8 Å². The summed E-state index contributed by atoms with van der Waals surface area (Å²) in [7, 11) is 1.37. The number of ether oxygens (including phenoxy) is 1. The van der Waals surface area contributed by atoms with Gasteiger partial charge in [-0.1, -0.05) is 30.3 Å². The topological polar surface area (TPSA) is 46.6 Å². The SMILES string of the molecule is COC(=O)[C@H]1CN(C(=O)/C=C/c2ccccc2)CCS1. The summed E-state index contributed by atoms with van der Waals surface area (Å²) in [6.07, 6.45) is 3.34. The van der Waals surface area contributed by atoms with Crippen molar-refractivity contribution in [1.82, 2.24) is 4.90 Å². The van der Waals surface area contributed by atoms with Gasteiger partial charge in [-0.25, -0.2) is 0 Å². The number of thioether (sulfide) groups is 1. The second-order valence-corrected chi connectivity index (χ2v) is 5.72. The molecule has 1 fully saturated rings. The fraction of sp³-hybridized carbons (Fsp3) is 0.333. The van der Waals surface area contributed by atoms with Gasteiger partial charge in [0.1, 0.15) is 5.25 Å². The van der Waals surface area contributed by atoms with E-state index in [1.165, 1.54) is 18.9 Å². The van der Waals surface area contributed by atoms with Crippen LogP contribution in [0.15, 0.2) is 36.4 Å². The molecule has 0 bridgehead atoms. The van der Waals surface area contributed by atoms with E-state index < -0.39 is 0 Å². The lowest BCUT2D eigenvalue weighted by molar-refractivity contribution is -0.140. The van der Waals surface area contributed by atoms with Crippen molar-refractivity contribution in [1.29, 1.82) is 0 Å². The minimum absolute atomic E-state index is 0.0666. The number of carbonyl (C=O) groups excluding carboxylic acids is 2. The molecular weight excluding hydrogens is 274 g/mol. The molecule has 1 aliphatic heterocycles. The summed E-state index contributed by atoms with van der Waals surface area (Å²) in [6.45, 7) is 1.07. The lowest BCUT2D eigenvalue weighted by Crippen LogP contribution is -2.44.